The highest BCUT2D eigenvalue weighted by atomic mass is 16.6. The number of aromatic nitrogens is 2. The van der Waals surface area contributed by atoms with Crippen molar-refractivity contribution in [1.29, 1.82) is 0 Å². The first-order valence-electron chi connectivity index (χ1n) is 5.57. The van der Waals surface area contributed by atoms with Crippen LogP contribution >= 0.6 is 0 Å². The van der Waals surface area contributed by atoms with E-state index in [1.165, 1.54) is 10.9 Å². The fourth-order valence-corrected chi connectivity index (χ4v) is 1.60. The number of hydrogen-bond acceptors (Lipinski definition) is 5. The van der Waals surface area contributed by atoms with E-state index < -0.39 is 10.9 Å². The lowest BCUT2D eigenvalue weighted by atomic mass is 10.0. The molecule has 100 valence electrons. The minimum absolute atomic E-state index is 0.0369. The molecule has 1 unspecified atom stereocenters. The van der Waals surface area contributed by atoms with Gasteiger partial charge in [0.15, 0.2) is 0 Å². The van der Waals surface area contributed by atoms with Crippen molar-refractivity contribution in [3.63, 3.8) is 0 Å². The molecule has 0 aliphatic rings. The normalized spacial score (nSPS) is 12.1. The van der Waals surface area contributed by atoms with Crippen LogP contribution in [0.5, 0.6) is 0 Å². The van der Waals surface area contributed by atoms with Crippen molar-refractivity contribution in [2.45, 2.75) is 19.8 Å². The average Bonchev–Trinajstić information content (AvgIpc) is 2.65. The van der Waals surface area contributed by atoms with Crippen molar-refractivity contribution in [2.75, 3.05) is 11.9 Å². The molecule has 0 spiro atoms. The third kappa shape index (κ3) is 3.44. The van der Waals surface area contributed by atoms with E-state index in [-0.39, 0.29) is 18.2 Å². The van der Waals surface area contributed by atoms with Gasteiger partial charge in [-0.25, -0.2) is 0 Å². The molecule has 1 aromatic heterocycles. The molecule has 1 heterocycles. The first-order chi connectivity index (χ1) is 8.45. The number of nitro groups is 1. The van der Waals surface area contributed by atoms with Crippen LogP contribution in [-0.4, -0.2) is 32.1 Å². The average molecular weight is 256 g/mol. The fourth-order valence-electron chi connectivity index (χ4n) is 1.60. The van der Waals surface area contributed by atoms with Gasteiger partial charge in [-0.05, 0) is 15.8 Å². The van der Waals surface area contributed by atoms with Crippen molar-refractivity contribution >= 4 is 17.6 Å². The number of carbonyl (C=O) groups is 1. The van der Waals surface area contributed by atoms with Crippen molar-refractivity contribution in [3.8, 4) is 0 Å². The highest BCUT2D eigenvalue weighted by Crippen LogP contribution is 2.22. The SMILES string of the molecule is CCC(CNc1c([N+](=O)[O-])ncn1C)CC(=O)O. The second-order valence-corrected chi connectivity index (χ2v) is 4.04. The first kappa shape index (κ1) is 13.9. The van der Waals surface area contributed by atoms with E-state index in [2.05, 4.69) is 10.3 Å². The Labute approximate surface area is 104 Å². The molecule has 0 bridgehead atoms. The van der Waals surface area contributed by atoms with Gasteiger partial charge in [0, 0.05) is 20.0 Å². The largest absolute Gasteiger partial charge is 0.481 e. The van der Waals surface area contributed by atoms with Crippen LogP contribution in [0.3, 0.4) is 0 Å². The minimum Gasteiger partial charge on any atom is -0.481 e. The zero-order valence-corrected chi connectivity index (χ0v) is 10.3. The van der Waals surface area contributed by atoms with Crippen LogP contribution in [0.4, 0.5) is 11.6 Å². The Morgan fingerprint density at radius 1 is 1.72 bits per heavy atom. The van der Waals surface area contributed by atoms with Crippen molar-refractivity contribution < 1.29 is 14.8 Å². The molecule has 18 heavy (non-hydrogen) atoms. The van der Waals surface area contributed by atoms with Crippen molar-refractivity contribution in [1.82, 2.24) is 9.55 Å². The Bertz CT molecular complexity index is 443. The maximum absolute atomic E-state index is 10.7. The molecule has 0 fully saturated rings. The van der Waals surface area contributed by atoms with Gasteiger partial charge in [-0.1, -0.05) is 13.3 Å². The quantitative estimate of drug-likeness (QED) is 0.561. The second kappa shape index (κ2) is 5.99. The summed E-state index contributed by atoms with van der Waals surface area (Å²) in [5.74, 6) is -0.897. The van der Waals surface area contributed by atoms with Crippen LogP contribution in [0, 0.1) is 16.0 Å². The van der Waals surface area contributed by atoms with E-state index in [0.29, 0.717) is 18.8 Å². The summed E-state index contributed by atoms with van der Waals surface area (Å²) in [6, 6.07) is 0. The molecule has 1 rings (SSSR count). The van der Waals surface area contributed by atoms with Gasteiger partial charge in [0.25, 0.3) is 0 Å². The molecule has 0 aliphatic heterocycles. The summed E-state index contributed by atoms with van der Waals surface area (Å²) in [5.41, 5.74) is 0. The first-order valence-corrected chi connectivity index (χ1v) is 5.57. The number of hydrogen-bond donors (Lipinski definition) is 2. The number of rotatable bonds is 7. The number of imidazole rings is 1. The molecule has 0 saturated carbocycles. The Hall–Kier alpha value is -2.12. The predicted molar refractivity (Wildman–Crippen MR) is 64.4 cm³/mol. The van der Waals surface area contributed by atoms with Gasteiger partial charge in [0.2, 0.25) is 12.1 Å². The number of carboxylic acids is 1. The van der Waals surface area contributed by atoms with E-state index in [1.807, 2.05) is 6.92 Å². The van der Waals surface area contributed by atoms with Gasteiger partial charge in [0.05, 0.1) is 0 Å². The standard InChI is InChI=1S/C10H16N4O4/c1-3-7(4-8(15)16)5-11-9-10(14(17)18)12-6-13(9)2/h6-7,11H,3-5H2,1-2H3,(H,15,16). The van der Waals surface area contributed by atoms with Crippen LogP contribution in [0.25, 0.3) is 0 Å². The van der Waals surface area contributed by atoms with Crippen molar-refractivity contribution in [2.24, 2.45) is 13.0 Å². The summed E-state index contributed by atoms with van der Waals surface area (Å²) in [5, 5.41) is 22.3. The Balaban J connectivity index is 2.70. The van der Waals surface area contributed by atoms with E-state index in [4.69, 9.17) is 5.11 Å². The smallest absolute Gasteiger partial charge is 0.406 e. The summed E-state index contributed by atoms with van der Waals surface area (Å²) in [6.07, 6.45) is 2.07. The zero-order valence-electron chi connectivity index (χ0n) is 10.3. The minimum atomic E-state index is -0.872. The molecule has 0 saturated heterocycles. The van der Waals surface area contributed by atoms with Gasteiger partial charge in [-0.2, -0.15) is 0 Å². The Kier molecular flexibility index (Phi) is 4.64. The lowest BCUT2D eigenvalue weighted by molar-refractivity contribution is -0.388. The molecular formula is C10H16N4O4. The molecule has 8 heteroatoms. The van der Waals surface area contributed by atoms with E-state index in [9.17, 15) is 14.9 Å². The molecule has 0 aliphatic carbocycles. The number of carboxylic acid groups (broad SMARTS) is 1. The van der Waals surface area contributed by atoms with Gasteiger partial charge in [0.1, 0.15) is 0 Å². The third-order valence-corrected chi connectivity index (χ3v) is 2.69. The number of nitrogens with one attached hydrogen (secondary N) is 1. The molecule has 8 nitrogen and oxygen atoms in total. The third-order valence-electron chi connectivity index (χ3n) is 2.69. The Morgan fingerprint density at radius 3 is 2.89 bits per heavy atom. The molecule has 0 amide bonds. The number of aliphatic carboxylic acids is 1. The topological polar surface area (TPSA) is 110 Å². The van der Waals surface area contributed by atoms with E-state index in [1.54, 1.807) is 7.05 Å². The highest BCUT2D eigenvalue weighted by Gasteiger charge is 2.21. The number of anilines is 1. The summed E-state index contributed by atoms with van der Waals surface area (Å²) < 4.78 is 1.51. The predicted octanol–water partition coefficient (Wildman–Crippen LogP) is 1.24. The van der Waals surface area contributed by atoms with Gasteiger partial charge >= 0.3 is 11.8 Å². The molecular weight excluding hydrogens is 240 g/mol. The molecule has 1 aromatic rings. The summed E-state index contributed by atoms with van der Waals surface area (Å²) in [7, 11) is 1.64. The fraction of sp³-hybridized carbons (Fsp3) is 0.600. The number of aryl methyl sites for hydroxylation is 1. The molecule has 2 N–H and O–H groups in total. The lowest BCUT2D eigenvalue weighted by Gasteiger charge is -2.13. The van der Waals surface area contributed by atoms with Gasteiger partial charge in [-0.3, -0.25) is 9.36 Å². The van der Waals surface area contributed by atoms with Crippen LogP contribution in [0.15, 0.2) is 6.33 Å². The van der Waals surface area contributed by atoms with Crippen LogP contribution in [0.1, 0.15) is 19.8 Å². The molecule has 0 radical (unpaired) electrons. The zero-order chi connectivity index (χ0) is 13.7. The van der Waals surface area contributed by atoms with Crippen LogP contribution in [0.2, 0.25) is 0 Å². The van der Waals surface area contributed by atoms with E-state index in [0.717, 1.165) is 0 Å². The molecule has 1 atom stereocenters. The Morgan fingerprint density at radius 2 is 2.39 bits per heavy atom. The van der Waals surface area contributed by atoms with E-state index >= 15 is 0 Å². The highest BCUT2D eigenvalue weighted by molar-refractivity contribution is 5.67. The van der Waals surface area contributed by atoms with Gasteiger partial charge in [-0.15, -0.1) is 0 Å². The summed E-state index contributed by atoms with van der Waals surface area (Å²) in [4.78, 5) is 24.4. The molecule has 0 aromatic carbocycles. The number of nitrogens with zero attached hydrogens (tertiary/aromatic N) is 3. The maximum atomic E-state index is 10.7. The monoisotopic (exact) mass is 256 g/mol. The lowest BCUT2D eigenvalue weighted by Crippen LogP contribution is -2.18. The van der Waals surface area contributed by atoms with Gasteiger partial charge < -0.3 is 20.5 Å². The van der Waals surface area contributed by atoms with Crippen LogP contribution < -0.4 is 5.32 Å². The maximum Gasteiger partial charge on any atom is 0.406 e. The van der Waals surface area contributed by atoms with Crippen molar-refractivity contribution in [3.05, 3.63) is 16.4 Å². The summed E-state index contributed by atoms with van der Waals surface area (Å²) >= 11 is 0. The summed E-state index contributed by atoms with van der Waals surface area (Å²) in [6.45, 7) is 2.25. The van der Waals surface area contributed by atoms with Crippen LogP contribution in [-0.2, 0) is 11.8 Å². The second-order valence-electron chi connectivity index (χ2n) is 4.04.